The lowest BCUT2D eigenvalue weighted by molar-refractivity contribution is 0.0994. The number of ether oxygens (including phenoxy) is 2. The summed E-state index contributed by atoms with van der Waals surface area (Å²) in [4.78, 5) is 0. The summed E-state index contributed by atoms with van der Waals surface area (Å²) < 4.78 is 12.0. The van der Waals surface area contributed by atoms with Crippen LogP contribution in [-0.2, 0) is 5.41 Å². The quantitative estimate of drug-likeness (QED) is 0.869. The third kappa shape index (κ3) is 1.40. The van der Waals surface area contributed by atoms with Gasteiger partial charge in [-0.2, -0.15) is 0 Å². The van der Waals surface area contributed by atoms with Crippen LogP contribution in [0.25, 0.3) is 0 Å². The summed E-state index contributed by atoms with van der Waals surface area (Å²) in [5, 5.41) is 0. The molecular weight excluding hydrogens is 226 g/mol. The van der Waals surface area contributed by atoms with E-state index in [1.165, 1.54) is 24.0 Å². The van der Waals surface area contributed by atoms with Crippen LogP contribution in [-0.4, -0.2) is 18.8 Å². The van der Waals surface area contributed by atoms with Crippen LogP contribution in [0.4, 0.5) is 0 Å². The molecule has 2 saturated carbocycles. The third-order valence-corrected chi connectivity index (χ3v) is 4.62. The highest BCUT2D eigenvalue weighted by atomic mass is 16.5. The lowest BCUT2D eigenvalue weighted by Gasteiger charge is -2.33. The predicted molar refractivity (Wildman–Crippen MR) is 69.2 cm³/mol. The molecule has 1 heterocycles. The minimum Gasteiger partial charge on any atom is -0.492 e. The van der Waals surface area contributed by atoms with E-state index in [2.05, 4.69) is 19.1 Å². The van der Waals surface area contributed by atoms with Gasteiger partial charge in [-0.15, -0.1) is 0 Å². The molecule has 0 saturated heterocycles. The number of hydrogen-bond donors (Lipinski definition) is 1. The van der Waals surface area contributed by atoms with Gasteiger partial charge >= 0.3 is 0 Å². The van der Waals surface area contributed by atoms with Crippen molar-refractivity contribution in [3.05, 3.63) is 23.3 Å². The molecule has 1 aliphatic heterocycles. The molecule has 18 heavy (non-hydrogen) atoms. The maximum atomic E-state index is 6.13. The van der Waals surface area contributed by atoms with E-state index in [0.29, 0.717) is 12.1 Å². The van der Waals surface area contributed by atoms with Gasteiger partial charge in [0.15, 0.2) is 0 Å². The van der Waals surface area contributed by atoms with Crippen LogP contribution in [0.2, 0.25) is 0 Å². The molecule has 1 spiro atoms. The Bertz CT molecular complexity index is 501. The lowest BCUT2D eigenvalue weighted by atomic mass is 9.89. The third-order valence-electron chi connectivity index (χ3n) is 4.62. The smallest absolute Gasteiger partial charge is 0.129 e. The van der Waals surface area contributed by atoms with Crippen molar-refractivity contribution in [2.75, 3.05) is 6.61 Å². The monoisotopic (exact) mass is 245 g/mol. The maximum absolute atomic E-state index is 6.13. The Kier molecular flexibility index (Phi) is 2.03. The van der Waals surface area contributed by atoms with Gasteiger partial charge in [0.2, 0.25) is 0 Å². The van der Waals surface area contributed by atoms with Crippen LogP contribution in [0.3, 0.4) is 0 Å². The Morgan fingerprint density at radius 1 is 1.33 bits per heavy atom. The van der Waals surface area contributed by atoms with Crippen LogP contribution in [0.1, 0.15) is 36.8 Å². The van der Waals surface area contributed by atoms with Gasteiger partial charge in [-0.3, -0.25) is 0 Å². The van der Waals surface area contributed by atoms with Gasteiger partial charge in [-0.1, -0.05) is 6.07 Å². The van der Waals surface area contributed by atoms with Crippen molar-refractivity contribution in [2.24, 2.45) is 5.73 Å². The van der Waals surface area contributed by atoms with E-state index in [-0.39, 0.29) is 5.41 Å². The van der Waals surface area contributed by atoms with Crippen LogP contribution < -0.4 is 15.2 Å². The van der Waals surface area contributed by atoms with Crippen LogP contribution in [0.15, 0.2) is 12.1 Å². The maximum Gasteiger partial charge on any atom is 0.129 e. The second-order valence-corrected chi connectivity index (χ2v) is 6.13. The summed E-state index contributed by atoms with van der Waals surface area (Å²) in [5.74, 6) is 2.12. The summed E-state index contributed by atoms with van der Waals surface area (Å²) in [5.41, 5.74) is 8.66. The van der Waals surface area contributed by atoms with Crippen molar-refractivity contribution < 1.29 is 9.47 Å². The first kappa shape index (κ1) is 10.7. The number of benzene rings is 1. The summed E-state index contributed by atoms with van der Waals surface area (Å²) in [6.07, 6.45) is 4.75. The summed E-state index contributed by atoms with van der Waals surface area (Å²) in [6, 6.07) is 4.56. The molecule has 0 radical (unpaired) electrons. The van der Waals surface area contributed by atoms with Gasteiger partial charge in [-0.25, -0.2) is 0 Å². The summed E-state index contributed by atoms with van der Waals surface area (Å²) in [7, 11) is 0. The Labute approximate surface area is 107 Å². The molecular formula is C15H19NO2. The zero-order valence-electron chi connectivity index (χ0n) is 10.7. The zero-order valence-corrected chi connectivity index (χ0v) is 10.7. The Morgan fingerprint density at radius 3 is 2.78 bits per heavy atom. The van der Waals surface area contributed by atoms with E-state index in [4.69, 9.17) is 15.2 Å². The van der Waals surface area contributed by atoms with Gasteiger partial charge < -0.3 is 15.2 Å². The average Bonchev–Trinajstić information content (AvgIpc) is 2.96. The molecule has 2 N–H and O–H groups in total. The molecule has 4 rings (SSSR count). The van der Waals surface area contributed by atoms with Gasteiger partial charge in [0.05, 0.1) is 6.61 Å². The Balaban J connectivity index is 1.69. The van der Waals surface area contributed by atoms with Crippen molar-refractivity contribution in [1.82, 2.24) is 0 Å². The molecule has 3 heteroatoms. The molecule has 1 aromatic rings. The first-order valence-corrected chi connectivity index (χ1v) is 6.87. The lowest BCUT2D eigenvalue weighted by Crippen LogP contribution is -2.43. The molecule has 1 aromatic carbocycles. The molecule has 96 valence electrons. The topological polar surface area (TPSA) is 44.5 Å². The van der Waals surface area contributed by atoms with E-state index in [1.807, 2.05) is 0 Å². The fourth-order valence-electron chi connectivity index (χ4n) is 3.16. The first-order chi connectivity index (χ1) is 8.68. The highest BCUT2D eigenvalue weighted by Gasteiger charge is 2.53. The van der Waals surface area contributed by atoms with Crippen LogP contribution >= 0.6 is 0 Å². The second-order valence-electron chi connectivity index (χ2n) is 6.13. The number of rotatable bonds is 2. The van der Waals surface area contributed by atoms with Gasteiger partial charge in [0.25, 0.3) is 0 Å². The molecule has 3 nitrogen and oxygen atoms in total. The number of hydrogen-bond acceptors (Lipinski definition) is 3. The Morgan fingerprint density at radius 2 is 2.11 bits per heavy atom. The summed E-state index contributed by atoms with van der Waals surface area (Å²) >= 11 is 0. The highest BCUT2D eigenvalue weighted by Crippen LogP contribution is 2.59. The van der Waals surface area contributed by atoms with Crippen LogP contribution in [0.5, 0.6) is 11.5 Å². The molecule has 2 fully saturated rings. The minimum atomic E-state index is 0.280. The fraction of sp³-hybridized carbons (Fsp3) is 0.600. The first-order valence-electron chi connectivity index (χ1n) is 6.87. The molecule has 0 unspecified atom stereocenters. The van der Waals surface area contributed by atoms with E-state index in [9.17, 15) is 0 Å². The molecule has 0 bridgehead atoms. The van der Waals surface area contributed by atoms with E-state index in [0.717, 1.165) is 30.9 Å². The van der Waals surface area contributed by atoms with E-state index < -0.39 is 0 Å². The molecule has 0 aromatic heterocycles. The average molecular weight is 245 g/mol. The van der Waals surface area contributed by atoms with Crippen molar-refractivity contribution in [1.29, 1.82) is 0 Å². The van der Waals surface area contributed by atoms with Crippen molar-refractivity contribution in [2.45, 2.75) is 50.2 Å². The van der Waals surface area contributed by atoms with Gasteiger partial charge in [-0.05, 0) is 44.2 Å². The van der Waals surface area contributed by atoms with Crippen molar-refractivity contribution in [3.8, 4) is 11.5 Å². The summed E-state index contributed by atoms with van der Waals surface area (Å²) in [6.45, 7) is 2.96. The number of nitrogens with two attached hydrogens (primary N) is 1. The molecule has 3 aliphatic rings. The molecule has 0 amide bonds. The normalized spacial score (nSPS) is 30.6. The predicted octanol–water partition coefficient (Wildman–Crippen LogP) is 2.29. The Hall–Kier alpha value is -1.22. The molecule has 2 aliphatic carbocycles. The van der Waals surface area contributed by atoms with Crippen LogP contribution in [0, 0.1) is 6.92 Å². The van der Waals surface area contributed by atoms with Crippen molar-refractivity contribution in [3.63, 3.8) is 0 Å². The number of aryl methyl sites for hydroxylation is 1. The molecule has 0 atom stereocenters. The minimum absolute atomic E-state index is 0.280. The van der Waals surface area contributed by atoms with Gasteiger partial charge in [0, 0.05) is 17.0 Å². The highest BCUT2D eigenvalue weighted by molar-refractivity contribution is 5.58. The zero-order chi connectivity index (χ0) is 12.3. The SMILES string of the molecule is Cc1ccc(OC2CC(N)C2)c2c1OCC21CC1. The van der Waals surface area contributed by atoms with Gasteiger partial charge in [0.1, 0.15) is 17.6 Å². The van der Waals surface area contributed by atoms with E-state index in [1.54, 1.807) is 0 Å². The van der Waals surface area contributed by atoms with Crippen molar-refractivity contribution >= 4 is 0 Å². The largest absolute Gasteiger partial charge is 0.492 e. The standard InChI is InChI=1S/C15H19NO2/c1-9-2-3-12(18-11-6-10(16)7-11)13-14(9)17-8-15(13)4-5-15/h2-3,10-11H,4-8,16H2,1H3. The number of fused-ring (bicyclic) bond motifs is 2. The van der Waals surface area contributed by atoms with E-state index >= 15 is 0 Å². The second kappa shape index (κ2) is 3.41. The fourth-order valence-corrected chi connectivity index (χ4v) is 3.16.